The van der Waals surface area contributed by atoms with Gasteiger partial charge in [-0.15, -0.1) is 10.2 Å². The van der Waals surface area contributed by atoms with Gasteiger partial charge in [-0.1, -0.05) is 30.3 Å². The Hall–Kier alpha value is -2.51. The molecule has 0 spiro atoms. The van der Waals surface area contributed by atoms with E-state index in [0.717, 1.165) is 11.4 Å². The molecule has 1 heterocycles. The van der Waals surface area contributed by atoms with Crippen molar-refractivity contribution in [1.82, 2.24) is 14.8 Å². The number of rotatable bonds is 6. The van der Waals surface area contributed by atoms with Crippen LogP contribution in [0.15, 0.2) is 53.7 Å². The van der Waals surface area contributed by atoms with Gasteiger partial charge in [-0.25, -0.2) is 0 Å². The van der Waals surface area contributed by atoms with Crippen LogP contribution in [0, 0.1) is 0 Å². The summed E-state index contributed by atoms with van der Waals surface area (Å²) in [6.45, 7) is 1.97. The Morgan fingerprint density at radius 3 is 2.48 bits per heavy atom. The molecule has 1 atom stereocenters. The predicted octanol–water partition coefficient (Wildman–Crippen LogP) is 4.23. The van der Waals surface area contributed by atoms with Crippen LogP contribution in [0.2, 0.25) is 5.02 Å². The summed E-state index contributed by atoms with van der Waals surface area (Å²) in [5, 5.41) is 12.4. The lowest BCUT2D eigenvalue weighted by molar-refractivity contribution is -0.115. The zero-order chi connectivity index (χ0) is 19.4. The molecule has 1 aromatic heterocycles. The molecule has 27 heavy (non-hydrogen) atoms. The van der Waals surface area contributed by atoms with E-state index in [4.69, 9.17) is 17.3 Å². The Morgan fingerprint density at radius 2 is 1.85 bits per heavy atom. The first-order valence-electron chi connectivity index (χ1n) is 8.46. The number of halogens is 1. The zero-order valence-electron chi connectivity index (χ0n) is 15.0. The van der Waals surface area contributed by atoms with Gasteiger partial charge in [0.2, 0.25) is 5.91 Å². The van der Waals surface area contributed by atoms with E-state index in [1.807, 2.05) is 42.8 Å². The number of carbonyl (C=O) groups is 1. The Kier molecular flexibility index (Phi) is 6.03. The fourth-order valence-electron chi connectivity index (χ4n) is 2.51. The highest BCUT2D eigenvalue weighted by Crippen LogP contribution is 2.28. The molecule has 0 aliphatic carbocycles. The number of amides is 1. The number of nitrogens with zero attached hydrogens (tertiary/aromatic N) is 3. The van der Waals surface area contributed by atoms with Crippen LogP contribution in [0.25, 0.3) is 11.4 Å². The number of aromatic nitrogens is 3. The van der Waals surface area contributed by atoms with E-state index in [9.17, 15) is 4.79 Å². The summed E-state index contributed by atoms with van der Waals surface area (Å²) in [5.41, 5.74) is 8.07. The topological polar surface area (TPSA) is 85.8 Å². The van der Waals surface area contributed by atoms with Crippen molar-refractivity contribution in [3.63, 3.8) is 0 Å². The van der Waals surface area contributed by atoms with Gasteiger partial charge in [0.25, 0.3) is 0 Å². The quantitative estimate of drug-likeness (QED) is 0.477. The lowest BCUT2D eigenvalue weighted by Crippen LogP contribution is -2.25. The molecule has 8 heteroatoms. The molecule has 3 N–H and O–H groups in total. The van der Waals surface area contributed by atoms with Gasteiger partial charge in [0.1, 0.15) is 0 Å². The fourth-order valence-corrected chi connectivity index (χ4v) is 3.55. The van der Waals surface area contributed by atoms with Crippen molar-refractivity contribution in [1.29, 1.82) is 0 Å². The molecule has 0 aliphatic heterocycles. The Bertz CT molecular complexity index is 924. The van der Waals surface area contributed by atoms with Crippen LogP contribution in [0.4, 0.5) is 11.4 Å². The number of nitrogen functional groups attached to an aromatic ring is 1. The van der Waals surface area contributed by atoms with E-state index in [1.165, 1.54) is 11.8 Å². The molecule has 6 nitrogen and oxygen atoms in total. The summed E-state index contributed by atoms with van der Waals surface area (Å²) < 4.78 is 1.88. The number of hydrogen-bond donors (Lipinski definition) is 2. The number of thioether (sulfide) groups is 1. The number of anilines is 2. The van der Waals surface area contributed by atoms with Crippen LogP contribution in [-0.4, -0.2) is 25.9 Å². The van der Waals surface area contributed by atoms with Crippen molar-refractivity contribution >= 4 is 40.6 Å². The molecular weight excluding hydrogens is 382 g/mol. The SMILES string of the molecule is CCC(Sc1nnc(-c2ccc(N)cc2)n1C)C(=O)Nc1ccc(Cl)cc1. The molecule has 1 unspecified atom stereocenters. The number of hydrogen-bond acceptors (Lipinski definition) is 5. The summed E-state index contributed by atoms with van der Waals surface area (Å²) in [4.78, 5) is 12.6. The number of benzene rings is 2. The molecular formula is C19H20ClN5OS. The summed E-state index contributed by atoms with van der Waals surface area (Å²) in [5.74, 6) is 0.646. The lowest BCUT2D eigenvalue weighted by Gasteiger charge is -2.14. The molecule has 0 saturated heterocycles. The van der Waals surface area contributed by atoms with Gasteiger partial charge in [-0.2, -0.15) is 0 Å². The molecule has 2 aromatic carbocycles. The van der Waals surface area contributed by atoms with Crippen molar-refractivity contribution < 1.29 is 4.79 Å². The Morgan fingerprint density at radius 1 is 1.19 bits per heavy atom. The van der Waals surface area contributed by atoms with Crippen LogP contribution in [0.1, 0.15) is 13.3 Å². The van der Waals surface area contributed by atoms with E-state index in [0.29, 0.717) is 28.0 Å². The first kappa shape index (κ1) is 19.3. The molecule has 1 amide bonds. The minimum atomic E-state index is -0.289. The number of carbonyl (C=O) groups excluding carboxylic acids is 1. The van der Waals surface area contributed by atoms with Crippen LogP contribution in [0.3, 0.4) is 0 Å². The third-order valence-electron chi connectivity index (χ3n) is 4.03. The molecule has 3 aromatic rings. The molecule has 3 rings (SSSR count). The fraction of sp³-hybridized carbons (Fsp3) is 0.211. The maximum atomic E-state index is 12.6. The molecule has 0 bridgehead atoms. The summed E-state index contributed by atoms with van der Waals surface area (Å²) >= 11 is 7.27. The minimum Gasteiger partial charge on any atom is -0.399 e. The molecule has 140 valence electrons. The van der Waals surface area contributed by atoms with E-state index >= 15 is 0 Å². The van der Waals surface area contributed by atoms with Gasteiger partial charge in [0, 0.05) is 29.0 Å². The van der Waals surface area contributed by atoms with Crippen molar-refractivity contribution in [2.45, 2.75) is 23.8 Å². The van der Waals surface area contributed by atoms with Crippen molar-refractivity contribution in [2.75, 3.05) is 11.1 Å². The monoisotopic (exact) mass is 401 g/mol. The average molecular weight is 402 g/mol. The first-order valence-corrected chi connectivity index (χ1v) is 9.72. The third-order valence-corrected chi connectivity index (χ3v) is 5.68. The molecule has 0 fully saturated rings. The predicted molar refractivity (Wildman–Crippen MR) is 111 cm³/mol. The standard InChI is InChI=1S/C19H20ClN5OS/c1-3-16(18(26)22-15-10-6-13(20)7-11-15)27-19-24-23-17(25(19)2)12-4-8-14(21)9-5-12/h4-11,16H,3,21H2,1-2H3,(H,22,26). The number of nitrogens with one attached hydrogen (secondary N) is 1. The van der Waals surface area contributed by atoms with Crippen molar-refractivity contribution in [3.05, 3.63) is 53.6 Å². The number of nitrogens with two attached hydrogens (primary N) is 1. The maximum Gasteiger partial charge on any atom is 0.237 e. The molecule has 0 saturated carbocycles. The van der Waals surface area contributed by atoms with Crippen LogP contribution in [-0.2, 0) is 11.8 Å². The van der Waals surface area contributed by atoms with Crippen LogP contribution >= 0.6 is 23.4 Å². The van der Waals surface area contributed by atoms with Gasteiger partial charge in [0.15, 0.2) is 11.0 Å². The van der Waals surface area contributed by atoms with Crippen LogP contribution in [0.5, 0.6) is 0 Å². The third kappa shape index (κ3) is 4.61. The second-order valence-corrected chi connectivity index (χ2v) is 7.60. The molecule has 0 radical (unpaired) electrons. The second kappa shape index (κ2) is 8.45. The van der Waals surface area contributed by atoms with E-state index < -0.39 is 0 Å². The maximum absolute atomic E-state index is 12.6. The van der Waals surface area contributed by atoms with Gasteiger partial charge in [-0.3, -0.25) is 4.79 Å². The van der Waals surface area contributed by atoms with Gasteiger partial charge in [0.05, 0.1) is 5.25 Å². The van der Waals surface area contributed by atoms with E-state index in [1.54, 1.807) is 24.3 Å². The normalized spacial score (nSPS) is 12.0. The first-order chi connectivity index (χ1) is 13.0. The molecule has 0 aliphatic rings. The van der Waals surface area contributed by atoms with Gasteiger partial charge < -0.3 is 15.6 Å². The van der Waals surface area contributed by atoms with E-state index in [-0.39, 0.29) is 11.2 Å². The lowest BCUT2D eigenvalue weighted by atomic mass is 10.2. The largest absolute Gasteiger partial charge is 0.399 e. The highest BCUT2D eigenvalue weighted by molar-refractivity contribution is 8.00. The van der Waals surface area contributed by atoms with Gasteiger partial charge >= 0.3 is 0 Å². The van der Waals surface area contributed by atoms with Crippen LogP contribution < -0.4 is 11.1 Å². The highest BCUT2D eigenvalue weighted by Gasteiger charge is 2.22. The van der Waals surface area contributed by atoms with Gasteiger partial charge in [-0.05, 0) is 55.0 Å². The Balaban J connectivity index is 1.73. The average Bonchev–Trinajstić information content (AvgIpc) is 3.02. The van der Waals surface area contributed by atoms with E-state index in [2.05, 4.69) is 15.5 Å². The van der Waals surface area contributed by atoms with Crippen molar-refractivity contribution in [3.8, 4) is 11.4 Å². The summed E-state index contributed by atoms with van der Waals surface area (Å²) in [6.07, 6.45) is 0.661. The zero-order valence-corrected chi connectivity index (χ0v) is 16.6. The summed E-state index contributed by atoms with van der Waals surface area (Å²) in [7, 11) is 1.89. The highest BCUT2D eigenvalue weighted by atomic mass is 35.5. The summed E-state index contributed by atoms with van der Waals surface area (Å²) in [6, 6.07) is 14.5. The Labute approximate surface area is 167 Å². The minimum absolute atomic E-state index is 0.0816. The smallest absolute Gasteiger partial charge is 0.237 e. The second-order valence-electron chi connectivity index (χ2n) is 6.00. The van der Waals surface area contributed by atoms with Crippen molar-refractivity contribution in [2.24, 2.45) is 7.05 Å².